The molecular weight excluding hydrogens is 208 g/mol. The van der Waals surface area contributed by atoms with Crippen molar-refractivity contribution in [1.29, 1.82) is 0 Å². The number of carbonyl (C=O) groups is 2. The maximum atomic E-state index is 11.7. The van der Waals surface area contributed by atoms with Crippen LogP contribution in [0.2, 0.25) is 0 Å². The lowest BCUT2D eigenvalue weighted by Gasteiger charge is -2.15. The lowest BCUT2D eigenvalue weighted by molar-refractivity contribution is -0.142. The normalized spacial score (nSPS) is 24.4. The Labute approximate surface area is 95.1 Å². The zero-order valence-electron chi connectivity index (χ0n) is 9.48. The predicted molar refractivity (Wildman–Crippen MR) is 59.9 cm³/mol. The van der Waals surface area contributed by atoms with Gasteiger partial charge in [-0.25, -0.2) is 0 Å². The molecule has 0 radical (unpaired) electrons. The van der Waals surface area contributed by atoms with E-state index in [2.05, 4.69) is 11.9 Å². The first-order valence-electron chi connectivity index (χ1n) is 5.38. The molecule has 0 aromatic rings. The molecule has 0 bridgehead atoms. The van der Waals surface area contributed by atoms with Gasteiger partial charge in [0, 0.05) is 19.6 Å². The van der Waals surface area contributed by atoms with Crippen molar-refractivity contribution in [2.75, 3.05) is 26.2 Å². The number of aliphatic carboxylic acids is 1. The first-order valence-corrected chi connectivity index (χ1v) is 5.38. The molecule has 90 valence electrons. The van der Waals surface area contributed by atoms with Crippen LogP contribution in [0.4, 0.5) is 0 Å². The van der Waals surface area contributed by atoms with Gasteiger partial charge in [0.15, 0.2) is 0 Å². The van der Waals surface area contributed by atoms with E-state index in [0.717, 1.165) is 0 Å². The van der Waals surface area contributed by atoms with Gasteiger partial charge >= 0.3 is 5.97 Å². The largest absolute Gasteiger partial charge is 0.481 e. The molecule has 16 heavy (non-hydrogen) atoms. The molecule has 2 N–H and O–H groups in total. The summed E-state index contributed by atoms with van der Waals surface area (Å²) in [6, 6.07) is 0. The second kappa shape index (κ2) is 5.65. The molecule has 0 aromatic carbocycles. The van der Waals surface area contributed by atoms with E-state index >= 15 is 0 Å². The number of hydrogen-bond donors (Lipinski definition) is 2. The number of rotatable bonds is 5. The van der Waals surface area contributed by atoms with Gasteiger partial charge in [0.25, 0.3) is 0 Å². The molecule has 1 amide bonds. The second-order valence-electron chi connectivity index (χ2n) is 4.14. The smallest absolute Gasteiger partial charge is 0.308 e. The third-order valence-corrected chi connectivity index (χ3v) is 2.85. The van der Waals surface area contributed by atoms with Crippen molar-refractivity contribution < 1.29 is 14.7 Å². The Kier molecular flexibility index (Phi) is 4.49. The monoisotopic (exact) mass is 226 g/mol. The molecule has 5 heteroatoms. The van der Waals surface area contributed by atoms with Crippen LogP contribution in [0.3, 0.4) is 0 Å². The summed E-state index contributed by atoms with van der Waals surface area (Å²) >= 11 is 0. The van der Waals surface area contributed by atoms with Gasteiger partial charge in [-0.1, -0.05) is 13.0 Å². The highest BCUT2D eigenvalue weighted by Gasteiger charge is 2.36. The van der Waals surface area contributed by atoms with Crippen LogP contribution in [0.5, 0.6) is 0 Å². The summed E-state index contributed by atoms with van der Waals surface area (Å²) in [6.07, 6.45) is 1.68. The molecule has 0 saturated carbocycles. The third-order valence-electron chi connectivity index (χ3n) is 2.85. The van der Waals surface area contributed by atoms with E-state index in [1.165, 1.54) is 0 Å². The molecule has 2 atom stereocenters. The SMILES string of the molecule is C=CCNCC(=O)N1CC(C)C(C(=O)O)C1. The van der Waals surface area contributed by atoms with Crippen LogP contribution in [0.25, 0.3) is 0 Å². The van der Waals surface area contributed by atoms with Crippen LogP contribution in [-0.4, -0.2) is 48.1 Å². The summed E-state index contributed by atoms with van der Waals surface area (Å²) in [6.45, 7) is 7.08. The fourth-order valence-electron chi connectivity index (χ4n) is 1.88. The van der Waals surface area contributed by atoms with Gasteiger partial charge in [0.2, 0.25) is 5.91 Å². The molecule has 5 nitrogen and oxygen atoms in total. The highest BCUT2D eigenvalue weighted by atomic mass is 16.4. The van der Waals surface area contributed by atoms with E-state index in [1.807, 2.05) is 6.92 Å². The average molecular weight is 226 g/mol. The fraction of sp³-hybridized carbons (Fsp3) is 0.636. The fourth-order valence-corrected chi connectivity index (χ4v) is 1.88. The van der Waals surface area contributed by atoms with Crippen molar-refractivity contribution >= 4 is 11.9 Å². The highest BCUT2D eigenvalue weighted by Crippen LogP contribution is 2.22. The van der Waals surface area contributed by atoms with Crippen molar-refractivity contribution in [2.24, 2.45) is 11.8 Å². The van der Waals surface area contributed by atoms with Gasteiger partial charge < -0.3 is 15.3 Å². The third kappa shape index (κ3) is 3.06. The van der Waals surface area contributed by atoms with Crippen molar-refractivity contribution in [3.8, 4) is 0 Å². The Hall–Kier alpha value is -1.36. The second-order valence-corrected chi connectivity index (χ2v) is 4.14. The summed E-state index contributed by atoms with van der Waals surface area (Å²) in [4.78, 5) is 24.2. The van der Waals surface area contributed by atoms with E-state index in [-0.39, 0.29) is 18.4 Å². The summed E-state index contributed by atoms with van der Waals surface area (Å²) in [5.41, 5.74) is 0. The van der Waals surface area contributed by atoms with Crippen molar-refractivity contribution in [1.82, 2.24) is 10.2 Å². The maximum Gasteiger partial charge on any atom is 0.308 e. The molecule has 0 aliphatic carbocycles. The Balaban J connectivity index is 2.42. The molecule has 1 aliphatic rings. The van der Waals surface area contributed by atoms with Crippen molar-refractivity contribution in [3.05, 3.63) is 12.7 Å². The number of carboxylic acid groups (broad SMARTS) is 1. The van der Waals surface area contributed by atoms with Gasteiger partial charge in [-0.3, -0.25) is 9.59 Å². The molecular formula is C11H18N2O3. The van der Waals surface area contributed by atoms with Gasteiger partial charge in [-0.15, -0.1) is 6.58 Å². The van der Waals surface area contributed by atoms with E-state index < -0.39 is 11.9 Å². The summed E-state index contributed by atoms with van der Waals surface area (Å²) in [5.74, 6) is -1.26. The number of carbonyl (C=O) groups excluding carboxylic acids is 1. The minimum atomic E-state index is -0.818. The molecule has 1 saturated heterocycles. The molecule has 0 spiro atoms. The van der Waals surface area contributed by atoms with Crippen molar-refractivity contribution in [2.45, 2.75) is 6.92 Å². The first-order chi connectivity index (χ1) is 7.56. The number of hydrogen-bond acceptors (Lipinski definition) is 3. The molecule has 1 fully saturated rings. The van der Waals surface area contributed by atoms with E-state index in [0.29, 0.717) is 19.6 Å². The van der Waals surface area contributed by atoms with Crippen LogP contribution in [0, 0.1) is 11.8 Å². The van der Waals surface area contributed by atoms with Gasteiger partial charge in [-0.05, 0) is 5.92 Å². The Morgan fingerprint density at radius 2 is 2.25 bits per heavy atom. The average Bonchev–Trinajstić information content (AvgIpc) is 2.60. The van der Waals surface area contributed by atoms with Crippen LogP contribution in [0.15, 0.2) is 12.7 Å². The topological polar surface area (TPSA) is 69.6 Å². The minimum Gasteiger partial charge on any atom is -0.481 e. The number of nitrogens with one attached hydrogen (secondary N) is 1. The van der Waals surface area contributed by atoms with Crippen LogP contribution < -0.4 is 5.32 Å². The van der Waals surface area contributed by atoms with E-state index in [9.17, 15) is 9.59 Å². The van der Waals surface area contributed by atoms with Crippen LogP contribution >= 0.6 is 0 Å². The lowest BCUT2D eigenvalue weighted by Crippen LogP contribution is -2.37. The van der Waals surface area contributed by atoms with Gasteiger partial charge in [0.1, 0.15) is 0 Å². The minimum absolute atomic E-state index is 0.0286. The lowest BCUT2D eigenvalue weighted by atomic mass is 9.99. The van der Waals surface area contributed by atoms with Crippen LogP contribution in [-0.2, 0) is 9.59 Å². The maximum absolute atomic E-state index is 11.7. The Bertz CT molecular complexity index is 291. The number of amides is 1. The van der Waals surface area contributed by atoms with Crippen LogP contribution in [0.1, 0.15) is 6.92 Å². The first kappa shape index (κ1) is 12.7. The number of likely N-dealkylation sites (tertiary alicyclic amines) is 1. The quantitative estimate of drug-likeness (QED) is 0.509. The molecule has 1 aliphatic heterocycles. The zero-order chi connectivity index (χ0) is 12.1. The van der Waals surface area contributed by atoms with E-state index in [4.69, 9.17) is 5.11 Å². The number of nitrogens with zero attached hydrogens (tertiary/aromatic N) is 1. The zero-order valence-corrected chi connectivity index (χ0v) is 9.48. The molecule has 1 heterocycles. The van der Waals surface area contributed by atoms with Crippen molar-refractivity contribution in [3.63, 3.8) is 0 Å². The van der Waals surface area contributed by atoms with Gasteiger partial charge in [-0.2, -0.15) is 0 Å². The van der Waals surface area contributed by atoms with Gasteiger partial charge in [0.05, 0.1) is 12.5 Å². The Morgan fingerprint density at radius 1 is 1.56 bits per heavy atom. The Morgan fingerprint density at radius 3 is 2.75 bits per heavy atom. The number of carboxylic acids is 1. The predicted octanol–water partition coefficient (Wildman–Crippen LogP) is -0.0589. The molecule has 0 aromatic heterocycles. The summed E-state index contributed by atoms with van der Waals surface area (Å²) in [5, 5.41) is 11.8. The summed E-state index contributed by atoms with van der Waals surface area (Å²) in [7, 11) is 0. The molecule has 2 unspecified atom stereocenters. The standard InChI is InChI=1S/C11H18N2O3/c1-3-4-12-5-10(14)13-6-8(2)9(7-13)11(15)16/h3,8-9,12H,1,4-7H2,2H3,(H,15,16). The molecule has 1 rings (SSSR count). The highest BCUT2D eigenvalue weighted by molar-refractivity contribution is 5.80. The summed E-state index contributed by atoms with van der Waals surface area (Å²) < 4.78 is 0. The van der Waals surface area contributed by atoms with E-state index in [1.54, 1.807) is 11.0 Å².